The molecule has 0 fully saturated rings. The summed E-state index contributed by atoms with van der Waals surface area (Å²) in [4.78, 5) is 39.1. The van der Waals surface area contributed by atoms with Gasteiger partial charge >= 0.3 is 5.69 Å². The molecule has 0 unspecified atom stereocenters. The van der Waals surface area contributed by atoms with Crippen LogP contribution in [0.4, 0.5) is 0 Å². The SMILES string of the molecule is N#CC1=Cc2c(ncn2-c2ncc3c(n2)n([C@@H]2CC[C@@H](O)c4ccccc42)c(=O)n3CC(N)=O)CC1. The second kappa shape index (κ2) is 8.28. The maximum Gasteiger partial charge on any atom is 0.331 e. The summed E-state index contributed by atoms with van der Waals surface area (Å²) in [7, 11) is 0. The monoisotopic (exact) mass is 482 g/mol. The number of aliphatic hydroxyl groups is 1. The van der Waals surface area contributed by atoms with E-state index in [0.717, 1.165) is 22.5 Å². The van der Waals surface area contributed by atoms with Crippen molar-refractivity contribution in [1.29, 1.82) is 5.26 Å². The van der Waals surface area contributed by atoms with Gasteiger partial charge in [0.05, 0.1) is 35.8 Å². The number of aromatic nitrogens is 6. The number of hydrogen-bond donors (Lipinski definition) is 2. The molecule has 4 aromatic rings. The topological polar surface area (TPSA) is 158 Å². The van der Waals surface area contributed by atoms with Crippen LogP contribution in [0.2, 0.25) is 0 Å². The van der Waals surface area contributed by atoms with Crippen LogP contribution in [-0.2, 0) is 17.8 Å². The Morgan fingerprint density at radius 1 is 1.19 bits per heavy atom. The number of imidazole rings is 2. The number of aryl methyl sites for hydroxylation is 1. The van der Waals surface area contributed by atoms with Crippen LogP contribution in [0.3, 0.4) is 0 Å². The fraction of sp³-hybridized carbons (Fsp3) is 0.280. The Balaban J connectivity index is 1.58. The number of nitrogens with two attached hydrogens (primary N) is 1. The van der Waals surface area contributed by atoms with E-state index in [2.05, 4.69) is 16.0 Å². The molecule has 11 nitrogen and oxygen atoms in total. The lowest BCUT2D eigenvalue weighted by atomic mass is 9.85. The molecular weight excluding hydrogens is 460 g/mol. The molecule has 0 bridgehead atoms. The van der Waals surface area contributed by atoms with Gasteiger partial charge in [-0.3, -0.25) is 18.5 Å². The van der Waals surface area contributed by atoms with Gasteiger partial charge in [0.15, 0.2) is 5.65 Å². The number of rotatable bonds is 4. The minimum absolute atomic E-state index is 0.292. The molecule has 3 aromatic heterocycles. The van der Waals surface area contributed by atoms with Crippen molar-refractivity contribution in [3.63, 3.8) is 0 Å². The van der Waals surface area contributed by atoms with Gasteiger partial charge in [0.2, 0.25) is 11.9 Å². The van der Waals surface area contributed by atoms with Crippen molar-refractivity contribution >= 4 is 23.1 Å². The third-order valence-corrected chi connectivity index (χ3v) is 6.93. The molecule has 2 aliphatic carbocycles. The van der Waals surface area contributed by atoms with Crippen molar-refractivity contribution in [3.05, 3.63) is 75.4 Å². The van der Waals surface area contributed by atoms with Crippen molar-refractivity contribution in [2.45, 2.75) is 44.4 Å². The number of fused-ring (bicyclic) bond motifs is 3. The Labute approximate surface area is 204 Å². The van der Waals surface area contributed by atoms with Crippen molar-refractivity contribution < 1.29 is 9.90 Å². The zero-order valence-electron chi connectivity index (χ0n) is 19.2. The fourth-order valence-corrected chi connectivity index (χ4v) is 5.25. The average Bonchev–Trinajstić information content (AvgIpc) is 3.42. The standard InChI is InChI=1S/C25H22N8O3/c26-10-14-5-6-17-19(9-14)32(13-29-17)24-28-11-20-23(30-24)33(25(36)31(20)12-22(27)35)18-7-8-21(34)16-4-2-1-3-15(16)18/h1-4,9,11,13,18,21,34H,5-8,12H2,(H2,27,35)/t18-,21-/m1/s1. The van der Waals surface area contributed by atoms with Crippen LogP contribution >= 0.6 is 0 Å². The lowest BCUT2D eigenvalue weighted by Crippen LogP contribution is -2.33. The van der Waals surface area contributed by atoms with E-state index in [1.807, 2.05) is 24.3 Å². The molecule has 36 heavy (non-hydrogen) atoms. The Hall–Kier alpha value is -4.56. The van der Waals surface area contributed by atoms with Crippen LogP contribution in [0.1, 0.15) is 53.9 Å². The first-order valence-electron chi connectivity index (χ1n) is 11.7. The minimum atomic E-state index is -0.655. The van der Waals surface area contributed by atoms with Gasteiger partial charge in [0.25, 0.3) is 0 Å². The first kappa shape index (κ1) is 21.9. The Morgan fingerprint density at radius 2 is 2.00 bits per heavy atom. The quantitative estimate of drug-likeness (QED) is 0.446. The number of aliphatic hydroxyl groups excluding tert-OH is 1. The van der Waals surface area contributed by atoms with Gasteiger partial charge < -0.3 is 10.8 Å². The Kier molecular flexibility index (Phi) is 5.05. The molecule has 1 amide bonds. The molecule has 1 aromatic carbocycles. The number of nitrogens with zero attached hydrogens (tertiary/aromatic N) is 7. The van der Waals surface area contributed by atoms with E-state index in [0.29, 0.717) is 48.4 Å². The van der Waals surface area contributed by atoms with E-state index in [-0.39, 0.29) is 6.54 Å². The summed E-state index contributed by atoms with van der Waals surface area (Å²) in [6.45, 7) is -0.309. The number of hydrogen-bond acceptors (Lipinski definition) is 7. The molecule has 11 heteroatoms. The number of primary amides is 1. The van der Waals surface area contributed by atoms with E-state index in [9.17, 15) is 20.0 Å². The zero-order valence-corrected chi connectivity index (χ0v) is 19.2. The Morgan fingerprint density at radius 3 is 2.78 bits per heavy atom. The smallest absolute Gasteiger partial charge is 0.331 e. The molecule has 180 valence electrons. The second-order valence-corrected chi connectivity index (χ2v) is 9.05. The van der Waals surface area contributed by atoms with Gasteiger partial charge in [-0.15, -0.1) is 0 Å². The predicted octanol–water partition coefficient (Wildman–Crippen LogP) is 1.53. The van der Waals surface area contributed by atoms with E-state index in [1.165, 1.54) is 10.8 Å². The van der Waals surface area contributed by atoms with Crippen LogP contribution in [0, 0.1) is 11.3 Å². The molecule has 6 rings (SSSR count). The summed E-state index contributed by atoms with van der Waals surface area (Å²) >= 11 is 0. The highest BCUT2D eigenvalue weighted by atomic mass is 16.3. The number of carbonyl (C=O) groups excluding carboxylic acids is 1. The maximum absolute atomic E-state index is 13.6. The lowest BCUT2D eigenvalue weighted by molar-refractivity contribution is -0.118. The first-order valence-corrected chi connectivity index (χ1v) is 11.7. The number of benzene rings is 1. The normalized spacial score (nSPS) is 18.8. The Bertz CT molecular complexity index is 1670. The summed E-state index contributed by atoms with van der Waals surface area (Å²) in [6.07, 6.45) is 6.55. The molecule has 3 heterocycles. The van der Waals surface area contributed by atoms with Crippen molar-refractivity contribution in [2.75, 3.05) is 0 Å². The van der Waals surface area contributed by atoms with Crippen LogP contribution in [0.5, 0.6) is 0 Å². The first-order chi connectivity index (χ1) is 17.5. The van der Waals surface area contributed by atoms with Crippen LogP contribution in [0.25, 0.3) is 23.2 Å². The third kappa shape index (κ3) is 3.34. The molecule has 2 atom stereocenters. The molecule has 0 saturated heterocycles. The van der Waals surface area contributed by atoms with Crippen molar-refractivity contribution in [2.24, 2.45) is 5.73 Å². The summed E-state index contributed by atoms with van der Waals surface area (Å²) in [5.74, 6) is -0.363. The van der Waals surface area contributed by atoms with Gasteiger partial charge in [-0.05, 0) is 42.9 Å². The predicted molar refractivity (Wildman–Crippen MR) is 129 cm³/mol. The summed E-state index contributed by atoms with van der Waals surface area (Å²) in [6, 6.07) is 9.29. The zero-order chi connectivity index (χ0) is 25.0. The summed E-state index contributed by atoms with van der Waals surface area (Å²) in [5.41, 5.74) is 9.58. The van der Waals surface area contributed by atoms with Crippen molar-refractivity contribution in [3.8, 4) is 12.0 Å². The number of amides is 1. The second-order valence-electron chi connectivity index (χ2n) is 9.05. The molecule has 0 aliphatic heterocycles. The lowest BCUT2D eigenvalue weighted by Gasteiger charge is -2.29. The average molecular weight is 483 g/mol. The minimum Gasteiger partial charge on any atom is -0.388 e. The molecule has 0 spiro atoms. The fourth-order valence-electron chi connectivity index (χ4n) is 5.25. The van der Waals surface area contributed by atoms with Gasteiger partial charge in [-0.2, -0.15) is 10.2 Å². The number of allylic oxidation sites excluding steroid dienone is 1. The molecule has 0 saturated carbocycles. The number of nitriles is 1. The van der Waals surface area contributed by atoms with Gasteiger partial charge in [0.1, 0.15) is 18.4 Å². The van der Waals surface area contributed by atoms with E-state index in [1.54, 1.807) is 21.5 Å². The highest BCUT2D eigenvalue weighted by molar-refractivity contribution is 5.78. The maximum atomic E-state index is 13.6. The summed E-state index contributed by atoms with van der Waals surface area (Å²) < 4.78 is 4.55. The molecule has 0 radical (unpaired) electrons. The third-order valence-electron chi connectivity index (χ3n) is 6.93. The molecule has 2 aliphatic rings. The van der Waals surface area contributed by atoms with E-state index < -0.39 is 23.7 Å². The van der Waals surface area contributed by atoms with Crippen molar-refractivity contribution in [1.82, 2.24) is 28.7 Å². The summed E-state index contributed by atoms with van der Waals surface area (Å²) in [5, 5.41) is 19.9. The van der Waals surface area contributed by atoms with Gasteiger partial charge in [-0.1, -0.05) is 24.3 Å². The largest absolute Gasteiger partial charge is 0.388 e. The number of carbonyl (C=O) groups is 1. The van der Waals surface area contributed by atoms with Gasteiger partial charge in [-0.25, -0.2) is 14.8 Å². The highest BCUT2D eigenvalue weighted by Crippen LogP contribution is 2.38. The van der Waals surface area contributed by atoms with Crippen LogP contribution in [0.15, 0.2) is 47.2 Å². The van der Waals surface area contributed by atoms with E-state index >= 15 is 0 Å². The van der Waals surface area contributed by atoms with Crippen LogP contribution < -0.4 is 11.4 Å². The molecule has 3 N–H and O–H groups in total. The van der Waals surface area contributed by atoms with Crippen LogP contribution in [-0.4, -0.2) is 39.7 Å². The highest BCUT2D eigenvalue weighted by Gasteiger charge is 2.31. The molecular formula is C25H22N8O3. The van der Waals surface area contributed by atoms with Gasteiger partial charge in [0, 0.05) is 5.57 Å². The van der Waals surface area contributed by atoms with E-state index in [4.69, 9.17) is 10.7 Å².